The van der Waals surface area contributed by atoms with E-state index in [4.69, 9.17) is 4.74 Å². The summed E-state index contributed by atoms with van der Waals surface area (Å²) in [5.41, 5.74) is 0. The van der Waals surface area contributed by atoms with Gasteiger partial charge in [-0.15, -0.1) is 0 Å². The molecule has 0 amide bonds. The van der Waals surface area contributed by atoms with Crippen LogP contribution in [0.1, 0.15) is 45.4 Å². The molecule has 0 aromatic rings. The second-order valence-electron chi connectivity index (χ2n) is 6.38. The highest BCUT2D eigenvalue weighted by molar-refractivity contribution is 4.89. The number of likely N-dealkylation sites (tertiary alicyclic amines) is 1. The topological polar surface area (TPSA) is 24.5 Å². The Morgan fingerprint density at radius 1 is 1.11 bits per heavy atom. The molecule has 0 spiro atoms. The number of ether oxygens (including phenoxy) is 1. The van der Waals surface area contributed by atoms with Gasteiger partial charge in [-0.25, -0.2) is 0 Å². The summed E-state index contributed by atoms with van der Waals surface area (Å²) in [6.07, 6.45) is 9.42. The van der Waals surface area contributed by atoms with Crippen LogP contribution < -0.4 is 5.32 Å². The van der Waals surface area contributed by atoms with Crippen LogP contribution in [0.4, 0.5) is 0 Å². The van der Waals surface area contributed by atoms with Gasteiger partial charge < -0.3 is 10.1 Å². The Morgan fingerprint density at radius 3 is 2.39 bits per heavy atom. The molecule has 3 fully saturated rings. The number of nitrogens with one attached hydrogen (secondary N) is 1. The monoisotopic (exact) mass is 252 g/mol. The first kappa shape index (κ1) is 12.9. The lowest BCUT2D eigenvalue weighted by atomic mass is 9.97. The Bertz CT molecular complexity index is 253. The summed E-state index contributed by atoms with van der Waals surface area (Å²) in [5.74, 6) is 0.922. The summed E-state index contributed by atoms with van der Waals surface area (Å²) in [6, 6.07) is 0.718. The minimum Gasteiger partial charge on any atom is -0.372 e. The second kappa shape index (κ2) is 5.89. The highest BCUT2D eigenvalue weighted by Crippen LogP contribution is 2.30. The number of likely N-dealkylation sites (N-methyl/N-ethyl adjacent to an activating group) is 1. The van der Waals surface area contributed by atoms with E-state index < -0.39 is 0 Å². The van der Waals surface area contributed by atoms with Crippen LogP contribution in [0.3, 0.4) is 0 Å². The number of nitrogens with zero attached hydrogens (tertiary/aromatic N) is 1. The Morgan fingerprint density at radius 2 is 1.78 bits per heavy atom. The van der Waals surface area contributed by atoms with E-state index in [0.717, 1.165) is 18.5 Å². The number of fused-ring (bicyclic) bond motifs is 2. The van der Waals surface area contributed by atoms with Crippen LogP contribution in [0.2, 0.25) is 0 Å². The standard InChI is InChI=1S/C15H28N2O/c1-2-16-15(12-5-3-4-6-12)11-17-9-13-7-8-14(10-17)18-13/h12-16H,2-11H2,1H3. The van der Waals surface area contributed by atoms with E-state index in [0.29, 0.717) is 12.2 Å². The van der Waals surface area contributed by atoms with E-state index in [1.165, 1.54) is 58.2 Å². The van der Waals surface area contributed by atoms with E-state index in [1.807, 2.05) is 0 Å². The van der Waals surface area contributed by atoms with E-state index >= 15 is 0 Å². The fraction of sp³-hybridized carbons (Fsp3) is 1.00. The summed E-state index contributed by atoms with van der Waals surface area (Å²) in [4.78, 5) is 2.66. The molecule has 1 aliphatic carbocycles. The van der Waals surface area contributed by atoms with Crippen molar-refractivity contribution in [3.63, 3.8) is 0 Å². The van der Waals surface area contributed by atoms with Crippen molar-refractivity contribution in [2.45, 2.75) is 63.7 Å². The lowest BCUT2D eigenvalue weighted by Gasteiger charge is -2.36. The molecule has 0 radical (unpaired) electrons. The molecule has 18 heavy (non-hydrogen) atoms. The molecule has 2 saturated heterocycles. The quantitative estimate of drug-likeness (QED) is 0.810. The zero-order valence-corrected chi connectivity index (χ0v) is 11.7. The highest BCUT2D eigenvalue weighted by Gasteiger charge is 2.35. The minimum absolute atomic E-state index is 0.537. The maximum absolute atomic E-state index is 5.93. The average Bonchev–Trinajstić information content (AvgIpc) is 2.99. The Hall–Kier alpha value is -0.120. The van der Waals surface area contributed by atoms with Crippen molar-refractivity contribution in [1.82, 2.24) is 10.2 Å². The van der Waals surface area contributed by atoms with Gasteiger partial charge in [-0.2, -0.15) is 0 Å². The van der Waals surface area contributed by atoms with Crippen LogP contribution >= 0.6 is 0 Å². The van der Waals surface area contributed by atoms with Gasteiger partial charge in [0.15, 0.2) is 0 Å². The Balaban J connectivity index is 1.54. The number of hydrogen-bond acceptors (Lipinski definition) is 3. The number of rotatable bonds is 5. The lowest BCUT2D eigenvalue weighted by molar-refractivity contribution is -0.0422. The van der Waals surface area contributed by atoms with Gasteiger partial charge in [-0.1, -0.05) is 19.8 Å². The number of hydrogen-bond donors (Lipinski definition) is 1. The minimum atomic E-state index is 0.537. The Labute approximate surface area is 111 Å². The van der Waals surface area contributed by atoms with Gasteiger partial charge in [0.2, 0.25) is 0 Å². The maximum atomic E-state index is 5.93. The summed E-state index contributed by atoms with van der Waals surface area (Å²) in [7, 11) is 0. The van der Waals surface area contributed by atoms with Crippen molar-refractivity contribution in [2.24, 2.45) is 5.92 Å². The van der Waals surface area contributed by atoms with Crippen LogP contribution in [0.15, 0.2) is 0 Å². The molecule has 0 aromatic heterocycles. The molecule has 3 aliphatic rings. The Kier molecular flexibility index (Phi) is 4.22. The van der Waals surface area contributed by atoms with Crippen LogP contribution in [-0.2, 0) is 4.74 Å². The molecule has 2 heterocycles. The van der Waals surface area contributed by atoms with E-state index in [2.05, 4.69) is 17.1 Å². The predicted octanol–water partition coefficient (Wildman–Crippen LogP) is 2.02. The molecule has 3 atom stereocenters. The summed E-state index contributed by atoms with van der Waals surface area (Å²) in [5, 5.41) is 3.74. The molecule has 3 heteroatoms. The van der Waals surface area contributed by atoms with Crippen molar-refractivity contribution in [2.75, 3.05) is 26.2 Å². The molecule has 3 nitrogen and oxygen atoms in total. The predicted molar refractivity (Wildman–Crippen MR) is 73.8 cm³/mol. The van der Waals surface area contributed by atoms with Crippen molar-refractivity contribution in [1.29, 1.82) is 0 Å². The van der Waals surface area contributed by atoms with Gasteiger partial charge in [-0.05, 0) is 38.1 Å². The van der Waals surface area contributed by atoms with Crippen LogP contribution in [-0.4, -0.2) is 49.3 Å². The molecule has 104 valence electrons. The van der Waals surface area contributed by atoms with Gasteiger partial charge in [0.1, 0.15) is 0 Å². The maximum Gasteiger partial charge on any atom is 0.0707 e. The SMILES string of the molecule is CCNC(CN1CC2CCC(C1)O2)C1CCCC1. The molecule has 1 N–H and O–H groups in total. The zero-order valence-electron chi connectivity index (χ0n) is 11.7. The summed E-state index contributed by atoms with van der Waals surface area (Å²) in [6.45, 7) is 6.94. The highest BCUT2D eigenvalue weighted by atomic mass is 16.5. The molecule has 0 aromatic carbocycles. The van der Waals surface area contributed by atoms with Gasteiger partial charge in [0.25, 0.3) is 0 Å². The smallest absolute Gasteiger partial charge is 0.0707 e. The van der Waals surface area contributed by atoms with Gasteiger partial charge in [0.05, 0.1) is 12.2 Å². The van der Waals surface area contributed by atoms with Crippen LogP contribution in [0, 0.1) is 5.92 Å². The van der Waals surface area contributed by atoms with Crippen molar-refractivity contribution < 1.29 is 4.74 Å². The second-order valence-corrected chi connectivity index (χ2v) is 6.38. The van der Waals surface area contributed by atoms with Gasteiger partial charge in [-0.3, -0.25) is 4.90 Å². The molecule has 2 bridgehead atoms. The average molecular weight is 252 g/mol. The largest absolute Gasteiger partial charge is 0.372 e. The molecule has 1 saturated carbocycles. The van der Waals surface area contributed by atoms with Crippen molar-refractivity contribution in [3.05, 3.63) is 0 Å². The van der Waals surface area contributed by atoms with E-state index in [-0.39, 0.29) is 0 Å². The summed E-state index contributed by atoms with van der Waals surface area (Å²) < 4.78 is 5.93. The normalized spacial score (nSPS) is 35.2. The van der Waals surface area contributed by atoms with Gasteiger partial charge >= 0.3 is 0 Å². The third kappa shape index (κ3) is 2.89. The van der Waals surface area contributed by atoms with E-state index in [9.17, 15) is 0 Å². The van der Waals surface area contributed by atoms with Crippen molar-refractivity contribution in [3.8, 4) is 0 Å². The summed E-state index contributed by atoms with van der Waals surface area (Å²) >= 11 is 0. The third-order valence-corrected chi connectivity index (χ3v) is 5.01. The number of morpholine rings is 1. The molecule has 3 rings (SSSR count). The molecule has 3 unspecified atom stereocenters. The van der Waals surface area contributed by atoms with Gasteiger partial charge in [0, 0.05) is 25.7 Å². The van der Waals surface area contributed by atoms with Crippen LogP contribution in [0.25, 0.3) is 0 Å². The van der Waals surface area contributed by atoms with E-state index in [1.54, 1.807) is 0 Å². The molecule has 2 aliphatic heterocycles. The molecular weight excluding hydrogens is 224 g/mol. The fourth-order valence-electron chi connectivity index (χ4n) is 4.13. The first-order chi connectivity index (χ1) is 8.85. The lowest BCUT2D eigenvalue weighted by Crippen LogP contribution is -2.50. The third-order valence-electron chi connectivity index (χ3n) is 5.01. The van der Waals surface area contributed by atoms with Crippen molar-refractivity contribution >= 4 is 0 Å². The first-order valence-corrected chi connectivity index (χ1v) is 7.96. The zero-order chi connectivity index (χ0) is 12.4. The first-order valence-electron chi connectivity index (χ1n) is 7.96. The molecular formula is C15H28N2O. The fourth-order valence-corrected chi connectivity index (χ4v) is 4.13. The van der Waals surface area contributed by atoms with Crippen LogP contribution in [0.5, 0.6) is 0 Å².